The standard InChI is InChI=1S/C19H20ClFN2O3S/c1-13-8-10-23(11-9-13)27(25,26)14-6-7-16(20)15(12-14)19(24)22-18-5-3-2-4-17(18)21/h2-7,12-13H,8-11H2,1H3,(H,22,24). The van der Waals surface area contributed by atoms with Crippen molar-refractivity contribution in [3.05, 3.63) is 58.9 Å². The summed E-state index contributed by atoms with van der Waals surface area (Å²) in [6.45, 7) is 2.99. The zero-order valence-electron chi connectivity index (χ0n) is 14.8. The first-order valence-electron chi connectivity index (χ1n) is 8.64. The second-order valence-corrected chi connectivity index (χ2v) is 9.01. The van der Waals surface area contributed by atoms with Crippen LogP contribution in [0.3, 0.4) is 0 Å². The number of benzene rings is 2. The highest BCUT2D eigenvalue weighted by Gasteiger charge is 2.29. The Bertz CT molecular complexity index is 957. The molecule has 3 rings (SSSR count). The first-order chi connectivity index (χ1) is 12.8. The van der Waals surface area contributed by atoms with E-state index < -0.39 is 21.7 Å². The Kier molecular flexibility index (Phi) is 5.83. The van der Waals surface area contributed by atoms with Gasteiger partial charge in [-0.15, -0.1) is 0 Å². The number of carbonyl (C=O) groups excluding carboxylic acids is 1. The van der Waals surface area contributed by atoms with E-state index in [2.05, 4.69) is 12.2 Å². The molecule has 1 aliphatic rings. The summed E-state index contributed by atoms with van der Waals surface area (Å²) in [6.07, 6.45) is 1.60. The lowest BCUT2D eigenvalue weighted by molar-refractivity contribution is 0.102. The van der Waals surface area contributed by atoms with Crippen molar-refractivity contribution in [2.45, 2.75) is 24.7 Å². The molecule has 1 fully saturated rings. The molecule has 5 nitrogen and oxygen atoms in total. The van der Waals surface area contributed by atoms with Gasteiger partial charge in [-0.2, -0.15) is 4.31 Å². The van der Waals surface area contributed by atoms with Crippen molar-refractivity contribution in [1.82, 2.24) is 4.31 Å². The number of nitrogens with zero attached hydrogens (tertiary/aromatic N) is 1. The average molecular weight is 411 g/mol. The van der Waals surface area contributed by atoms with Gasteiger partial charge < -0.3 is 5.32 Å². The van der Waals surface area contributed by atoms with E-state index in [1.54, 1.807) is 6.07 Å². The molecular weight excluding hydrogens is 391 g/mol. The Hall–Kier alpha value is -1.96. The van der Waals surface area contributed by atoms with Crippen LogP contribution in [0.25, 0.3) is 0 Å². The second kappa shape index (κ2) is 7.96. The van der Waals surface area contributed by atoms with E-state index >= 15 is 0 Å². The third-order valence-electron chi connectivity index (χ3n) is 4.68. The normalized spacial score (nSPS) is 16.3. The molecule has 0 atom stereocenters. The SMILES string of the molecule is CC1CCN(S(=O)(=O)c2ccc(Cl)c(C(=O)Nc3ccccc3F)c2)CC1. The number of sulfonamides is 1. The molecule has 0 aromatic heterocycles. The van der Waals surface area contributed by atoms with Crippen LogP contribution in [0.1, 0.15) is 30.1 Å². The fraction of sp³-hybridized carbons (Fsp3) is 0.316. The predicted octanol–water partition coefficient (Wildman–Crippen LogP) is 4.15. The number of para-hydroxylation sites is 1. The van der Waals surface area contributed by atoms with Gasteiger partial charge in [0.25, 0.3) is 5.91 Å². The van der Waals surface area contributed by atoms with E-state index in [1.807, 2.05) is 0 Å². The van der Waals surface area contributed by atoms with Crippen molar-refractivity contribution in [3.63, 3.8) is 0 Å². The predicted molar refractivity (Wildman–Crippen MR) is 103 cm³/mol. The lowest BCUT2D eigenvalue weighted by Gasteiger charge is -2.29. The van der Waals surface area contributed by atoms with Gasteiger partial charge in [-0.25, -0.2) is 12.8 Å². The fourth-order valence-corrected chi connectivity index (χ4v) is 4.67. The van der Waals surface area contributed by atoms with E-state index in [-0.39, 0.29) is 21.2 Å². The minimum atomic E-state index is -3.72. The maximum Gasteiger partial charge on any atom is 0.257 e. The van der Waals surface area contributed by atoms with Gasteiger partial charge in [0.2, 0.25) is 10.0 Å². The molecule has 1 amide bonds. The molecule has 1 N–H and O–H groups in total. The zero-order valence-corrected chi connectivity index (χ0v) is 16.4. The Morgan fingerprint density at radius 1 is 1.19 bits per heavy atom. The van der Waals surface area contributed by atoms with Gasteiger partial charge >= 0.3 is 0 Å². The summed E-state index contributed by atoms with van der Waals surface area (Å²) in [7, 11) is -3.72. The molecule has 2 aromatic carbocycles. The number of hydrogen-bond donors (Lipinski definition) is 1. The van der Waals surface area contributed by atoms with Crippen LogP contribution in [0.4, 0.5) is 10.1 Å². The zero-order chi connectivity index (χ0) is 19.6. The molecule has 2 aromatic rings. The highest BCUT2D eigenvalue weighted by atomic mass is 35.5. The summed E-state index contributed by atoms with van der Waals surface area (Å²) < 4.78 is 41.0. The summed E-state index contributed by atoms with van der Waals surface area (Å²) in [6, 6.07) is 9.72. The van der Waals surface area contributed by atoms with Gasteiger partial charge in [-0.3, -0.25) is 4.79 Å². The van der Waals surface area contributed by atoms with Crippen molar-refractivity contribution >= 4 is 33.2 Å². The van der Waals surface area contributed by atoms with Crippen molar-refractivity contribution in [1.29, 1.82) is 0 Å². The quantitative estimate of drug-likeness (QED) is 0.823. The molecule has 0 saturated carbocycles. The number of rotatable bonds is 4. The molecule has 0 spiro atoms. The monoisotopic (exact) mass is 410 g/mol. The van der Waals surface area contributed by atoms with Crippen LogP contribution in [-0.2, 0) is 10.0 Å². The molecule has 0 unspecified atom stereocenters. The maximum atomic E-state index is 13.8. The van der Waals surface area contributed by atoms with E-state index in [9.17, 15) is 17.6 Å². The first-order valence-corrected chi connectivity index (χ1v) is 10.5. The number of halogens is 2. The number of carbonyl (C=O) groups is 1. The van der Waals surface area contributed by atoms with Crippen molar-refractivity contribution < 1.29 is 17.6 Å². The molecule has 0 radical (unpaired) electrons. The molecule has 27 heavy (non-hydrogen) atoms. The van der Waals surface area contributed by atoms with Crippen LogP contribution in [-0.4, -0.2) is 31.7 Å². The molecule has 8 heteroatoms. The van der Waals surface area contributed by atoms with Gasteiger partial charge in [0, 0.05) is 13.1 Å². The lowest BCUT2D eigenvalue weighted by Crippen LogP contribution is -2.37. The third-order valence-corrected chi connectivity index (χ3v) is 6.91. The van der Waals surface area contributed by atoms with Gasteiger partial charge in [0.1, 0.15) is 5.82 Å². The summed E-state index contributed by atoms with van der Waals surface area (Å²) in [5.74, 6) is -0.772. The van der Waals surface area contributed by atoms with Crippen LogP contribution >= 0.6 is 11.6 Å². The van der Waals surface area contributed by atoms with Crippen molar-refractivity contribution in [3.8, 4) is 0 Å². The largest absolute Gasteiger partial charge is 0.319 e. The van der Waals surface area contributed by atoms with E-state index in [4.69, 9.17) is 11.6 Å². The summed E-state index contributed by atoms with van der Waals surface area (Å²) >= 11 is 6.09. The molecular formula is C19H20ClFN2O3S. The topological polar surface area (TPSA) is 66.5 Å². The molecule has 1 heterocycles. The Morgan fingerprint density at radius 2 is 1.85 bits per heavy atom. The van der Waals surface area contributed by atoms with Gasteiger partial charge in [0.05, 0.1) is 21.2 Å². The molecule has 1 saturated heterocycles. The van der Waals surface area contributed by atoms with Gasteiger partial charge in [0.15, 0.2) is 0 Å². The molecule has 1 aliphatic heterocycles. The number of nitrogens with one attached hydrogen (secondary N) is 1. The molecule has 0 bridgehead atoms. The smallest absolute Gasteiger partial charge is 0.257 e. The maximum absolute atomic E-state index is 13.8. The van der Waals surface area contributed by atoms with Gasteiger partial charge in [-0.05, 0) is 49.1 Å². The van der Waals surface area contributed by atoms with Crippen molar-refractivity contribution in [2.24, 2.45) is 5.92 Å². The lowest BCUT2D eigenvalue weighted by atomic mass is 10.0. The highest BCUT2D eigenvalue weighted by molar-refractivity contribution is 7.89. The minimum absolute atomic E-state index is 0.000127. The highest BCUT2D eigenvalue weighted by Crippen LogP contribution is 2.27. The number of piperidine rings is 1. The summed E-state index contributed by atoms with van der Waals surface area (Å²) in [4.78, 5) is 12.5. The van der Waals surface area contributed by atoms with Crippen LogP contribution in [0.2, 0.25) is 5.02 Å². The van der Waals surface area contributed by atoms with Gasteiger partial charge in [-0.1, -0.05) is 30.7 Å². The summed E-state index contributed by atoms with van der Waals surface area (Å²) in [5.41, 5.74) is -0.0248. The fourth-order valence-electron chi connectivity index (χ4n) is 2.97. The van der Waals surface area contributed by atoms with E-state index in [1.165, 1.54) is 40.7 Å². The van der Waals surface area contributed by atoms with Crippen molar-refractivity contribution in [2.75, 3.05) is 18.4 Å². The van der Waals surface area contributed by atoms with Crippen LogP contribution in [0.5, 0.6) is 0 Å². The molecule has 0 aliphatic carbocycles. The number of anilines is 1. The third kappa shape index (κ3) is 4.31. The van der Waals surface area contributed by atoms with Crippen LogP contribution in [0, 0.1) is 11.7 Å². The number of amides is 1. The van der Waals surface area contributed by atoms with Crippen LogP contribution in [0.15, 0.2) is 47.4 Å². The van der Waals surface area contributed by atoms with Crippen LogP contribution < -0.4 is 5.32 Å². The van der Waals surface area contributed by atoms with E-state index in [0.29, 0.717) is 19.0 Å². The Morgan fingerprint density at radius 3 is 2.52 bits per heavy atom. The molecule has 144 valence electrons. The minimum Gasteiger partial charge on any atom is -0.319 e. The Balaban J connectivity index is 1.88. The first kappa shape index (κ1) is 19.8. The second-order valence-electron chi connectivity index (χ2n) is 6.66. The number of hydrogen-bond acceptors (Lipinski definition) is 3. The Labute approximate surface area is 163 Å². The summed E-state index contributed by atoms with van der Waals surface area (Å²) in [5, 5.41) is 2.52. The average Bonchev–Trinajstić information content (AvgIpc) is 2.64. The van der Waals surface area contributed by atoms with E-state index in [0.717, 1.165) is 12.8 Å².